The molecule has 4 rings (SSSR count). The molecule has 0 spiro atoms. The monoisotopic (exact) mass is 456 g/mol. The van der Waals surface area contributed by atoms with Crippen molar-refractivity contribution in [3.05, 3.63) is 65.7 Å². The molecule has 2 aromatic rings. The predicted molar refractivity (Wildman–Crippen MR) is 131 cm³/mol. The molecule has 1 atom stereocenters. The number of anilines is 1. The summed E-state index contributed by atoms with van der Waals surface area (Å²) in [6.45, 7) is 5.38. The summed E-state index contributed by atoms with van der Waals surface area (Å²) in [6.07, 6.45) is 1.45. The van der Waals surface area contributed by atoms with Crippen LogP contribution in [0.25, 0.3) is 0 Å². The van der Waals surface area contributed by atoms with E-state index in [9.17, 15) is 8.78 Å². The fourth-order valence-corrected chi connectivity index (χ4v) is 5.39. The van der Waals surface area contributed by atoms with Gasteiger partial charge in [0.25, 0.3) is 6.43 Å². The number of hydrogen-bond acceptors (Lipinski definition) is 5. The Morgan fingerprint density at radius 1 is 1.09 bits per heavy atom. The molecule has 2 aliphatic heterocycles. The van der Waals surface area contributed by atoms with Crippen LogP contribution in [0.1, 0.15) is 43.7 Å². The molecule has 2 heterocycles. The summed E-state index contributed by atoms with van der Waals surface area (Å²) < 4.78 is 28.0. The summed E-state index contributed by atoms with van der Waals surface area (Å²) in [4.78, 5) is 2.63. The molecule has 0 saturated carbocycles. The summed E-state index contributed by atoms with van der Waals surface area (Å²) >= 11 is 1.87. The van der Waals surface area contributed by atoms with Crippen LogP contribution < -0.4 is 4.31 Å². The molecule has 0 bridgehead atoms. The molecule has 0 aromatic heterocycles. The van der Waals surface area contributed by atoms with Gasteiger partial charge in [-0.1, -0.05) is 49.4 Å². The number of para-hydroxylation sites is 1. The molecular formula is C25H30F2N4S. The lowest BCUT2D eigenvalue weighted by molar-refractivity contribution is 0.224. The zero-order valence-electron chi connectivity index (χ0n) is 18.5. The van der Waals surface area contributed by atoms with Crippen LogP contribution in [-0.4, -0.2) is 47.6 Å². The van der Waals surface area contributed by atoms with E-state index < -0.39 is 6.43 Å². The third-order valence-electron chi connectivity index (χ3n) is 6.15. The molecular weight excluding hydrogens is 426 g/mol. The van der Waals surface area contributed by atoms with Crippen molar-refractivity contribution in [2.24, 2.45) is 10.2 Å². The molecule has 4 nitrogen and oxygen atoms in total. The summed E-state index contributed by atoms with van der Waals surface area (Å²) in [5.74, 6) is 1.05. The van der Waals surface area contributed by atoms with E-state index in [1.54, 1.807) is 0 Å². The van der Waals surface area contributed by atoms with Crippen molar-refractivity contribution in [1.82, 2.24) is 4.90 Å². The topological polar surface area (TPSA) is 31.2 Å². The van der Waals surface area contributed by atoms with Gasteiger partial charge in [-0.2, -0.15) is 10.2 Å². The van der Waals surface area contributed by atoms with Crippen LogP contribution in [0.4, 0.5) is 14.5 Å². The lowest BCUT2D eigenvalue weighted by Crippen LogP contribution is -2.31. The van der Waals surface area contributed by atoms with E-state index in [0.29, 0.717) is 5.71 Å². The highest BCUT2D eigenvalue weighted by atomic mass is 32.2. The van der Waals surface area contributed by atoms with Gasteiger partial charge in [-0.3, -0.25) is 4.90 Å². The number of halogens is 2. The molecule has 2 aliphatic rings. The van der Waals surface area contributed by atoms with Crippen molar-refractivity contribution in [3.63, 3.8) is 0 Å². The number of hydrogen-bond donors (Lipinski definition) is 0. The van der Waals surface area contributed by atoms with Crippen molar-refractivity contribution in [1.29, 1.82) is 0 Å². The highest BCUT2D eigenvalue weighted by Gasteiger charge is 2.23. The fourth-order valence-electron chi connectivity index (χ4n) is 4.34. The lowest BCUT2D eigenvalue weighted by Gasteiger charge is -2.27. The molecule has 1 unspecified atom stereocenters. The predicted octanol–water partition coefficient (Wildman–Crippen LogP) is 6.03. The number of likely N-dealkylation sites (tertiary alicyclic amines) is 1. The zero-order valence-corrected chi connectivity index (χ0v) is 19.3. The molecule has 0 amide bonds. The molecule has 1 saturated heterocycles. The maximum absolute atomic E-state index is 12.8. The van der Waals surface area contributed by atoms with Crippen molar-refractivity contribution in [3.8, 4) is 0 Å². The average Bonchev–Trinajstić information content (AvgIpc) is 3.49. The van der Waals surface area contributed by atoms with Crippen LogP contribution in [0.3, 0.4) is 0 Å². The Morgan fingerprint density at radius 3 is 2.56 bits per heavy atom. The minimum Gasteiger partial charge on any atom is -0.312 e. The number of nitrogens with zero attached hydrogens (tertiary/aromatic N) is 4. The first kappa shape index (κ1) is 22.9. The van der Waals surface area contributed by atoms with Gasteiger partial charge in [-0.05, 0) is 61.0 Å². The Labute approximate surface area is 193 Å². The zero-order chi connectivity index (χ0) is 22.3. The second-order valence-electron chi connectivity index (χ2n) is 8.26. The van der Waals surface area contributed by atoms with Crippen LogP contribution in [0.15, 0.2) is 64.8 Å². The first-order chi connectivity index (χ1) is 15.6. The standard InChI is InChI=1S/C25H30F2N4S/c1-2-21-9-6-14-30(21)15-16-32-31(22-7-4-3-5-8-22)18-19-10-12-20(13-11-19)23-17-24(25(26)27)29-28-23/h3-5,7-8,10-13,21,25H,2,6,9,14-18H2,1H3. The second-order valence-corrected chi connectivity index (χ2v) is 9.37. The van der Waals surface area contributed by atoms with E-state index in [-0.39, 0.29) is 12.1 Å². The number of benzene rings is 2. The van der Waals surface area contributed by atoms with Crippen LogP contribution >= 0.6 is 11.9 Å². The SMILES string of the molecule is CCC1CCCN1CCSN(Cc1ccc(C2=NN=C(C(F)F)C2)cc1)c1ccccc1. The van der Waals surface area contributed by atoms with Gasteiger partial charge >= 0.3 is 0 Å². The van der Waals surface area contributed by atoms with Gasteiger partial charge in [0.1, 0.15) is 5.71 Å². The van der Waals surface area contributed by atoms with Crippen LogP contribution in [0, 0.1) is 0 Å². The number of rotatable bonds is 10. The lowest BCUT2D eigenvalue weighted by atomic mass is 10.0. The number of alkyl halides is 2. The van der Waals surface area contributed by atoms with Gasteiger partial charge in [0.15, 0.2) is 0 Å². The van der Waals surface area contributed by atoms with Gasteiger partial charge in [0.05, 0.1) is 12.3 Å². The molecule has 0 N–H and O–H groups in total. The first-order valence-electron chi connectivity index (χ1n) is 11.3. The summed E-state index contributed by atoms with van der Waals surface area (Å²) in [5.41, 5.74) is 3.67. The first-order valence-corrected chi connectivity index (χ1v) is 12.3. The van der Waals surface area contributed by atoms with E-state index in [0.717, 1.165) is 30.4 Å². The molecule has 1 fully saturated rings. The Balaban J connectivity index is 1.38. The highest BCUT2D eigenvalue weighted by Crippen LogP contribution is 2.27. The molecule has 32 heavy (non-hydrogen) atoms. The quantitative estimate of drug-likeness (QED) is 0.409. The maximum Gasteiger partial charge on any atom is 0.278 e. The van der Waals surface area contributed by atoms with Crippen molar-refractivity contribution in [2.45, 2.75) is 51.6 Å². The maximum atomic E-state index is 12.8. The molecule has 2 aromatic carbocycles. The summed E-state index contributed by atoms with van der Waals surface area (Å²) in [5, 5.41) is 7.56. The second kappa shape index (κ2) is 11.1. The Morgan fingerprint density at radius 2 is 1.88 bits per heavy atom. The molecule has 0 aliphatic carbocycles. The van der Waals surface area contributed by atoms with Gasteiger partial charge in [0.2, 0.25) is 0 Å². The third-order valence-corrected chi connectivity index (χ3v) is 7.17. The van der Waals surface area contributed by atoms with Gasteiger partial charge < -0.3 is 4.31 Å². The van der Waals surface area contributed by atoms with Crippen molar-refractivity contribution in [2.75, 3.05) is 23.1 Å². The normalized spacial score (nSPS) is 18.8. The van der Waals surface area contributed by atoms with E-state index in [2.05, 4.69) is 62.7 Å². The molecule has 0 radical (unpaired) electrons. The van der Waals surface area contributed by atoms with Gasteiger partial charge in [-0.15, -0.1) is 0 Å². The average molecular weight is 457 g/mol. The minimum atomic E-state index is -2.54. The molecule has 7 heteroatoms. The van der Waals surface area contributed by atoms with E-state index in [4.69, 9.17) is 0 Å². The Hall–Kier alpha value is -2.25. The van der Waals surface area contributed by atoms with Crippen molar-refractivity contribution < 1.29 is 8.78 Å². The minimum absolute atomic E-state index is 0.123. The third kappa shape index (κ3) is 5.75. The molecule has 170 valence electrons. The summed E-state index contributed by atoms with van der Waals surface area (Å²) in [7, 11) is 0. The summed E-state index contributed by atoms with van der Waals surface area (Å²) in [6, 6.07) is 19.2. The highest BCUT2D eigenvalue weighted by molar-refractivity contribution is 8.00. The van der Waals surface area contributed by atoms with Crippen LogP contribution in [0.5, 0.6) is 0 Å². The van der Waals surface area contributed by atoms with E-state index in [1.165, 1.54) is 37.1 Å². The van der Waals surface area contributed by atoms with E-state index in [1.807, 2.05) is 30.1 Å². The Bertz CT molecular complexity index is 931. The fraction of sp³-hybridized carbons (Fsp3) is 0.440. The van der Waals surface area contributed by atoms with Gasteiger partial charge in [-0.25, -0.2) is 8.78 Å². The Kier molecular flexibility index (Phi) is 7.92. The van der Waals surface area contributed by atoms with E-state index >= 15 is 0 Å². The largest absolute Gasteiger partial charge is 0.312 e. The van der Waals surface area contributed by atoms with Crippen LogP contribution in [0.2, 0.25) is 0 Å². The smallest absolute Gasteiger partial charge is 0.278 e. The van der Waals surface area contributed by atoms with Crippen molar-refractivity contribution >= 4 is 29.1 Å². The van der Waals surface area contributed by atoms with Crippen LogP contribution in [-0.2, 0) is 6.54 Å². The van der Waals surface area contributed by atoms with Gasteiger partial charge in [0, 0.05) is 30.4 Å².